The van der Waals surface area contributed by atoms with E-state index < -0.39 is 6.17 Å². The number of halogens is 1. The fourth-order valence-corrected chi connectivity index (χ4v) is 6.99. The summed E-state index contributed by atoms with van der Waals surface area (Å²) in [6.07, 6.45) is 9.40. The van der Waals surface area contributed by atoms with Gasteiger partial charge in [-0.1, -0.05) is 19.1 Å². The maximum atomic E-state index is 15.9. The Bertz CT molecular complexity index is 1100. The minimum atomic E-state index is -0.996. The average molecular weight is 495 g/mol. The highest BCUT2D eigenvalue weighted by Gasteiger charge is 2.48. The molecule has 2 aromatic rings. The monoisotopic (exact) mass is 494 g/mol. The lowest BCUT2D eigenvalue weighted by Gasteiger charge is -2.37. The standard InChI is InChI=1S/C28H39FN6O/c1-2-17-13-20(36)7-8-21(17)22-9-10-23-26(25(22)29)33-34-27(23)28-31-15-24(32-28)18-5-4-12-35(16-18)19-6-3-11-30-14-19/h5,7-8,13,15,19,22-23,25-27,30,33-34,36H,2-4,6,9-12,14,16H2,1H3,(H,31,32). The zero-order valence-electron chi connectivity index (χ0n) is 21.1. The van der Waals surface area contributed by atoms with E-state index in [0.29, 0.717) is 6.04 Å². The van der Waals surface area contributed by atoms with Gasteiger partial charge < -0.3 is 15.4 Å². The van der Waals surface area contributed by atoms with Crippen LogP contribution in [0.15, 0.2) is 30.5 Å². The Morgan fingerprint density at radius 3 is 2.94 bits per heavy atom. The van der Waals surface area contributed by atoms with Crippen LogP contribution < -0.4 is 16.2 Å². The normalized spacial score (nSPS) is 33.3. The summed E-state index contributed by atoms with van der Waals surface area (Å²) in [7, 11) is 0. The van der Waals surface area contributed by atoms with Gasteiger partial charge in [-0.3, -0.25) is 10.3 Å². The number of aromatic nitrogens is 2. The highest BCUT2D eigenvalue weighted by molar-refractivity contribution is 5.64. The summed E-state index contributed by atoms with van der Waals surface area (Å²) < 4.78 is 15.9. The molecule has 4 aliphatic rings. The molecule has 4 heterocycles. The third-order valence-electron chi connectivity index (χ3n) is 8.94. The number of imidazole rings is 1. The molecule has 36 heavy (non-hydrogen) atoms. The van der Waals surface area contributed by atoms with Crippen molar-refractivity contribution in [2.24, 2.45) is 5.92 Å². The van der Waals surface area contributed by atoms with Crippen LogP contribution in [0.3, 0.4) is 0 Å². The van der Waals surface area contributed by atoms with Gasteiger partial charge in [0, 0.05) is 37.5 Å². The first-order valence-electron chi connectivity index (χ1n) is 13.8. The molecule has 6 rings (SSSR count). The Balaban J connectivity index is 1.14. The van der Waals surface area contributed by atoms with Gasteiger partial charge in [-0.15, -0.1) is 0 Å². The summed E-state index contributed by atoms with van der Waals surface area (Å²) >= 11 is 0. The number of fused-ring (bicyclic) bond motifs is 1. The lowest BCUT2D eigenvalue weighted by Crippen LogP contribution is -2.47. The van der Waals surface area contributed by atoms with Crippen molar-refractivity contribution in [1.29, 1.82) is 0 Å². The first-order valence-corrected chi connectivity index (χ1v) is 13.8. The van der Waals surface area contributed by atoms with E-state index in [9.17, 15) is 5.11 Å². The van der Waals surface area contributed by atoms with E-state index in [1.165, 1.54) is 18.4 Å². The number of aromatic amines is 1. The Morgan fingerprint density at radius 1 is 1.19 bits per heavy atom. The largest absolute Gasteiger partial charge is 0.508 e. The second-order valence-electron chi connectivity index (χ2n) is 11.0. The third kappa shape index (κ3) is 4.49. The molecular formula is C28H39FN6O. The molecule has 3 aliphatic heterocycles. The van der Waals surface area contributed by atoms with Crippen molar-refractivity contribution in [3.8, 4) is 5.75 Å². The van der Waals surface area contributed by atoms with Crippen LogP contribution in [0.2, 0.25) is 0 Å². The first kappa shape index (κ1) is 24.1. The van der Waals surface area contributed by atoms with Crippen LogP contribution in [0, 0.1) is 5.92 Å². The van der Waals surface area contributed by atoms with Crippen LogP contribution in [-0.2, 0) is 6.42 Å². The van der Waals surface area contributed by atoms with Crippen LogP contribution in [0.5, 0.6) is 5.75 Å². The smallest absolute Gasteiger partial charge is 0.125 e. The number of nitrogens with one attached hydrogen (secondary N) is 4. The zero-order chi connectivity index (χ0) is 24.6. The van der Waals surface area contributed by atoms with Crippen LogP contribution in [0.4, 0.5) is 4.39 Å². The quantitative estimate of drug-likeness (QED) is 0.437. The molecule has 3 fully saturated rings. The number of aryl methyl sites for hydroxylation is 1. The van der Waals surface area contributed by atoms with E-state index in [4.69, 9.17) is 4.98 Å². The summed E-state index contributed by atoms with van der Waals surface area (Å²) in [6, 6.07) is 5.71. The van der Waals surface area contributed by atoms with Gasteiger partial charge in [-0.05, 0) is 73.9 Å². The zero-order valence-corrected chi connectivity index (χ0v) is 21.1. The molecule has 0 amide bonds. The number of nitrogens with zero attached hydrogens (tertiary/aromatic N) is 2. The molecule has 5 N–H and O–H groups in total. The molecule has 1 aromatic heterocycles. The summed E-state index contributed by atoms with van der Waals surface area (Å²) in [6.45, 7) is 6.35. The van der Waals surface area contributed by atoms with Crippen LogP contribution in [0.1, 0.15) is 73.6 Å². The van der Waals surface area contributed by atoms with Gasteiger partial charge >= 0.3 is 0 Å². The average Bonchev–Trinajstić information content (AvgIpc) is 3.58. The molecule has 0 radical (unpaired) electrons. The van der Waals surface area contributed by atoms with Crippen molar-refractivity contribution in [3.05, 3.63) is 53.1 Å². The lowest BCUT2D eigenvalue weighted by atomic mass is 9.71. The minimum Gasteiger partial charge on any atom is -0.508 e. The second-order valence-corrected chi connectivity index (χ2v) is 11.0. The number of aromatic hydroxyl groups is 1. The fourth-order valence-electron chi connectivity index (χ4n) is 6.99. The van der Waals surface area contributed by atoms with Crippen LogP contribution in [0.25, 0.3) is 5.57 Å². The van der Waals surface area contributed by atoms with Crippen LogP contribution in [-0.4, -0.2) is 64.4 Å². The number of phenolic OH excluding ortho intramolecular Hbond substituents is 1. The number of H-pyrrole nitrogens is 1. The van der Waals surface area contributed by atoms with Crippen molar-refractivity contribution in [1.82, 2.24) is 31.0 Å². The number of hydrazine groups is 1. The van der Waals surface area contributed by atoms with E-state index in [-0.39, 0.29) is 29.7 Å². The van der Waals surface area contributed by atoms with Gasteiger partial charge in [-0.2, -0.15) is 0 Å². The number of piperidine rings is 1. The number of benzene rings is 1. The molecule has 7 nitrogen and oxygen atoms in total. The molecular weight excluding hydrogens is 455 g/mol. The summed E-state index contributed by atoms with van der Waals surface area (Å²) in [4.78, 5) is 11.0. The molecule has 194 valence electrons. The van der Waals surface area contributed by atoms with Gasteiger partial charge in [-0.25, -0.2) is 14.8 Å². The molecule has 1 saturated carbocycles. The predicted octanol–water partition coefficient (Wildman–Crippen LogP) is 3.57. The molecule has 1 aromatic carbocycles. The fraction of sp³-hybridized carbons (Fsp3) is 0.607. The number of hydrogen-bond acceptors (Lipinski definition) is 6. The van der Waals surface area contributed by atoms with Gasteiger partial charge in [0.2, 0.25) is 0 Å². The molecule has 0 bridgehead atoms. The maximum Gasteiger partial charge on any atom is 0.125 e. The molecule has 1 aliphatic carbocycles. The Hall–Kier alpha value is -2.26. The van der Waals surface area contributed by atoms with E-state index in [1.54, 1.807) is 12.1 Å². The number of phenols is 1. The van der Waals surface area contributed by atoms with Crippen molar-refractivity contribution in [3.63, 3.8) is 0 Å². The van der Waals surface area contributed by atoms with Gasteiger partial charge in [0.1, 0.15) is 17.7 Å². The molecule has 6 unspecified atom stereocenters. The van der Waals surface area contributed by atoms with Crippen LogP contribution >= 0.6 is 0 Å². The highest BCUT2D eigenvalue weighted by Crippen LogP contribution is 2.45. The van der Waals surface area contributed by atoms with E-state index in [0.717, 1.165) is 74.5 Å². The minimum absolute atomic E-state index is 0.0312. The van der Waals surface area contributed by atoms with Crippen molar-refractivity contribution in [2.45, 2.75) is 75.7 Å². The number of hydrogen-bond donors (Lipinski definition) is 5. The van der Waals surface area contributed by atoms with Crippen molar-refractivity contribution in [2.75, 3.05) is 26.2 Å². The first-order chi connectivity index (χ1) is 17.6. The second kappa shape index (κ2) is 10.2. The molecule has 0 spiro atoms. The highest BCUT2D eigenvalue weighted by atomic mass is 19.1. The van der Waals surface area contributed by atoms with Crippen molar-refractivity contribution < 1.29 is 9.50 Å². The predicted molar refractivity (Wildman–Crippen MR) is 139 cm³/mol. The molecule has 6 atom stereocenters. The summed E-state index contributed by atoms with van der Waals surface area (Å²) in [5.74, 6) is 1.13. The Kier molecular flexibility index (Phi) is 6.86. The maximum absolute atomic E-state index is 15.9. The van der Waals surface area contributed by atoms with Gasteiger partial charge in [0.05, 0.1) is 24.0 Å². The number of rotatable bonds is 5. The van der Waals surface area contributed by atoms with E-state index in [1.807, 2.05) is 12.3 Å². The topological polar surface area (TPSA) is 88.2 Å². The SMILES string of the molecule is CCc1cc(O)ccc1C1CCC2C(c3ncc(C4=CCCN(C5CCCNC5)C4)[nH]3)NNC2C1F. The summed E-state index contributed by atoms with van der Waals surface area (Å²) in [5.41, 5.74) is 11.1. The van der Waals surface area contributed by atoms with Gasteiger partial charge in [0.15, 0.2) is 0 Å². The van der Waals surface area contributed by atoms with Gasteiger partial charge in [0.25, 0.3) is 0 Å². The summed E-state index contributed by atoms with van der Waals surface area (Å²) in [5, 5.41) is 13.4. The molecule has 8 heteroatoms. The van der Waals surface area contributed by atoms with Crippen molar-refractivity contribution >= 4 is 5.57 Å². The van der Waals surface area contributed by atoms with E-state index >= 15 is 4.39 Å². The van der Waals surface area contributed by atoms with E-state index in [2.05, 4.69) is 39.1 Å². The molecule has 2 saturated heterocycles. The lowest BCUT2D eigenvalue weighted by molar-refractivity contribution is 0.135. The Morgan fingerprint density at radius 2 is 2.11 bits per heavy atom. The third-order valence-corrected chi connectivity index (χ3v) is 8.94. The number of alkyl halides is 1. The Labute approximate surface area is 212 Å².